The van der Waals surface area contributed by atoms with Crippen molar-refractivity contribution in [3.63, 3.8) is 0 Å². The summed E-state index contributed by atoms with van der Waals surface area (Å²) in [5, 5.41) is 3.48. The Morgan fingerprint density at radius 3 is 1.94 bits per heavy atom. The zero-order valence-electron chi connectivity index (χ0n) is 12.0. The summed E-state index contributed by atoms with van der Waals surface area (Å²) in [4.78, 5) is 0. The topological polar surface area (TPSA) is 12.0 Å². The molecule has 1 nitrogen and oxygen atoms in total. The summed E-state index contributed by atoms with van der Waals surface area (Å²) in [5.41, 5.74) is 0. The molecule has 16 heavy (non-hydrogen) atoms. The van der Waals surface area contributed by atoms with Crippen molar-refractivity contribution in [1.82, 2.24) is 5.32 Å². The molecule has 0 heterocycles. The highest BCUT2D eigenvalue weighted by Gasteiger charge is 2.05. The van der Waals surface area contributed by atoms with E-state index in [4.69, 9.17) is 0 Å². The summed E-state index contributed by atoms with van der Waals surface area (Å²) < 4.78 is 0. The molecule has 0 unspecified atom stereocenters. The van der Waals surface area contributed by atoms with Crippen LogP contribution in [0.2, 0.25) is 0 Å². The minimum atomic E-state index is 0.646. The third kappa shape index (κ3) is 10.5. The lowest BCUT2D eigenvalue weighted by molar-refractivity contribution is 0.390. The molecule has 0 amide bonds. The van der Waals surface area contributed by atoms with Crippen LogP contribution in [0.3, 0.4) is 0 Å². The van der Waals surface area contributed by atoms with E-state index in [1.165, 1.54) is 57.9 Å². The van der Waals surface area contributed by atoms with Crippen LogP contribution in [0.1, 0.15) is 79.1 Å². The maximum absolute atomic E-state index is 3.48. The standard InChI is InChI=1S/C15H33N/c1-5-10-15(11-6-2)12-8-7-9-13-16-14(3)4/h14-16H,5-13H2,1-4H3. The average molecular weight is 227 g/mol. The monoisotopic (exact) mass is 227 g/mol. The van der Waals surface area contributed by atoms with E-state index >= 15 is 0 Å². The quantitative estimate of drug-likeness (QED) is 0.502. The lowest BCUT2D eigenvalue weighted by Crippen LogP contribution is -2.23. The first kappa shape index (κ1) is 16.0. The SMILES string of the molecule is CCCC(CCC)CCCCCNC(C)C. The molecule has 0 aromatic heterocycles. The van der Waals surface area contributed by atoms with Crippen LogP contribution >= 0.6 is 0 Å². The first-order valence-electron chi connectivity index (χ1n) is 7.44. The molecule has 98 valence electrons. The largest absolute Gasteiger partial charge is 0.315 e. The Bertz CT molecular complexity index is 125. The number of hydrogen-bond donors (Lipinski definition) is 1. The Hall–Kier alpha value is -0.0400. The maximum atomic E-state index is 3.48. The second-order valence-electron chi connectivity index (χ2n) is 5.40. The Kier molecular flexibility index (Phi) is 11.4. The van der Waals surface area contributed by atoms with Gasteiger partial charge in [-0.3, -0.25) is 0 Å². The summed E-state index contributed by atoms with van der Waals surface area (Å²) in [5.74, 6) is 1.01. The molecule has 0 aliphatic heterocycles. The molecule has 1 heteroatoms. The Labute approximate surface area is 103 Å². The fourth-order valence-corrected chi connectivity index (χ4v) is 2.38. The van der Waals surface area contributed by atoms with Crippen LogP contribution in [0.15, 0.2) is 0 Å². The van der Waals surface area contributed by atoms with Crippen molar-refractivity contribution in [2.24, 2.45) is 5.92 Å². The van der Waals surface area contributed by atoms with Gasteiger partial charge in [0.1, 0.15) is 0 Å². The van der Waals surface area contributed by atoms with Crippen LogP contribution in [0.4, 0.5) is 0 Å². The molecular formula is C15H33N. The predicted octanol–water partition coefficient (Wildman–Crippen LogP) is 4.76. The minimum Gasteiger partial charge on any atom is -0.315 e. The van der Waals surface area contributed by atoms with Gasteiger partial charge in [0.05, 0.1) is 0 Å². The zero-order valence-corrected chi connectivity index (χ0v) is 12.0. The fraction of sp³-hybridized carbons (Fsp3) is 1.00. The average Bonchev–Trinajstić information content (AvgIpc) is 2.23. The van der Waals surface area contributed by atoms with E-state index in [2.05, 4.69) is 33.0 Å². The van der Waals surface area contributed by atoms with E-state index < -0.39 is 0 Å². The van der Waals surface area contributed by atoms with Gasteiger partial charge in [-0.05, 0) is 18.9 Å². The van der Waals surface area contributed by atoms with Gasteiger partial charge in [0.2, 0.25) is 0 Å². The Morgan fingerprint density at radius 2 is 1.44 bits per heavy atom. The van der Waals surface area contributed by atoms with Gasteiger partial charge in [-0.25, -0.2) is 0 Å². The third-order valence-electron chi connectivity index (χ3n) is 3.24. The summed E-state index contributed by atoms with van der Waals surface area (Å²) in [7, 11) is 0. The van der Waals surface area contributed by atoms with Crippen molar-refractivity contribution in [1.29, 1.82) is 0 Å². The number of nitrogens with one attached hydrogen (secondary N) is 1. The van der Waals surface area contributed by atoms with Gasteiger partial charge >= 0.3 is 0 Å². The molecule has 0 spiro atoms. The van der Waals surface area contributed by atoms with Gasteiger partial charge in [-0.1, -0.05) is 72.6 Å². The number of rotatable bonds is 11. The first-order chi connectivity index (χ1) is 7.70. The van der Waals surface area contributed by atoms with Crippen LogP contribution in [-0.4, -0.2) is 12.6 Å². The van der Waals surface area contributed by atoms with Crippen molar-refractivity contribution in [2.45, 2.75) is 85.1 Å². The lowest BCUT2D eigenvalue weighted by atomic mass is 9.92. The molecule has 0 fully saturated rings. The van der Waals surface area contributed by atoms with Crippen LogP contribution in [0, 0.1) is 5.92 Å². The lowest BCUT2D eigenvalue weighted by Gasteiger charge is -2.15. The van der Waals surface area contributed by atoms with Gasteiger partial charge in [-0.2, -0.15) is 0 Å². The maximum Gasteiger partial charge on any atom is 0.00103 e. The number of hydrogen-bond acceptors (Lipinski definition) is 1. The Balaban J connectivity index is 3.32. The van der Waals surface area contributed by atoms with Gasteiger partial charge in [-0.15, -0.1) is 0 Å². The van der Waals surface area contributed by atoms with Crippen LogP contribution in [0.5, 0.6) is 0 Å². The molecular weight excluding hydrogens is 194 g/mol. The predicted molar refractivity (Wildman–Crippen MR) is 74.9 cm³/mol. The van der Waals surface area contributed by atoms with Gasteiger partial charge in [0.25, 0.3) is 0 Å². The normalized spacial score (nSPS) is 11.6. The zero-order chi connectivity index (χ0) is 12.2. The summed E-state index contributed by atoms with van der Waals surface area (Å²) >= 11 is 0. The molecule has 0 saturated carbocycles. The van der Waals surface area contributed by atoms with E-state index in [0.717, 1.165) is 5.92 Å². The number of unbranched alkanes of at least 4 members (excludes halogenated alkanes) is 2. The molecule has 1 N–H and O–H groups in total. The molecule has 0 aliphatic carbocycles. The van der Waals surface area contributed by atoms with Crippen LogP contribution in [0.25, 0.3) is 0 Å². The van der Waals surface area contributed by atoms with E-state index in [1.54, 1.807) is 0 Å². The molecule has 0 rings (SSSR count). The smallest absolute Gasteiger partial charge is 0.00103 e. The van der Waals surface area contributed by atoms with Crippen molar-refractivity contribution in [2.75, 3.05) is 6.54 Å². The van der Waals surface area contributed by atoms with Gasteiger partial charge < -0.3 is 5.32 Å². The van der Waals surface area contributed by atoms with Crippen molar-refractivity contribution < 1.29 is 0 Å². The van der Waals surface area contributed by atoms with E-state index in [0.29, 0.717) is 6.04 Å². The van der Waals surface area contributed by atoms with Crippen LogP contribution in [-0.2, 0) is 0 Å². The molecule has 0 aromatic carbocycles. The van der Waals surface area contributed by atoms with Crippen molar-refractivity contribution in [3.8, 4) is 0 Å². The van der Waals surface area contributed by atoms with E-state index in [9.17, 15) is 0 Å². The first-order valence-corrected chi connectivity index (χ1v) is 7.44. The molecule has 0 atom stereocenters. The Morgan fingerprint density at radius 1 is 0.812 bits per heavy atom. The molecule has 0 radical (unpaired) electrons. The fourth-order valence-electron chi connectivity index (χ4n) is 2.38. The molecule has 0 aliphatic rings. The van der Waals surface area contributed by atoms with Gasteiger partial charge in [0.15, 0.2) is 0 Å². The highest BCUT2D eigenvalue weighted by atomic mass is 14.9. The van der Waals surface area contributed by atoms with Gasteiger partial charge in [0, 0.05) is 6.04 Å². The summed E-state index contributed by atoms with van der Waals surface area (Å²) in [6.07, 6.45) is 11.3. The van der Waals surface area contributed by atoms with E-state index in [1.807, 2.05) is 0 Å². The molecule has 0 aromatic rings. The highest BCUT2D eigenvalue weighted by molar-refractivity contribution is 4.59. The third-order valence-corrected chi connectivity index (χ3v) is 3.24. The summed E-state index contributed by atoms with van der Waals surface area (Å²) in [6.45, 7) is 10.3. The van der Waals surface area contributed by atoms with Crippen molar-refractivity contribution in [3.05, 3.63) is 0 Å². The minimum absolute atomic E-state index is 0.646. The second kappa shape index (κ2) is 11.4. The second-order valence-corrected chi connectivity index (χ2v) is 5.40. The van der Waals surface area contributed by atoms with Crippen LogP contribution < -0.4 is 5.32 Å². The molecule has 0 saturated heterocycles. The highest BCUT2D eigenvalue weighted by Crippen LogP contribution is 2.20. The van der Waals surface area contributed by atoms with Crippen molar-refractivity contribution >= 4 is 0 Å². The molecule has 0 bridgehead atoms. The van der Waals surface area contributed by atoms with E-state index in [-0.39, 0.29) is 0 Å². The summed E-state index contributed by atoms with van der Waals surface area (Å²) in [6, 6.07) is 0.646.